The zero-order valence-corrected chi connectivity index (χ0v) is 19.1. The molecule has 8 heteroatoms. The number of pyridine rings is 2. The van der Waals surface area contributed by atoms with Gasteiger partial charge in [0.2, 0.25) is 0 Å². The number of amides is 1. The maximum Gasteiger partial charge on any atom is 0.336 e. The lowest BCUT2D eigenvalue weighted by molar-refractivity contribution is 0.0695. The van der Waals surface area contributed by atoms with Gasteiger partial charge < -0.3 is 9.67 Å². The van der Waals surface area contributed by atoms with Gasteiger partial charge in [-0.25, -0.2) is 14.8 Å². The number of benzene rings is 1. The smallest absolute Gasteiger partial charge is 0.336 e. The van der Waals surface area contributed by atoms with Crippen LogP contribution in [0, 0.1) is 6.92 Å². The number of imidazole rings is 1. The SMILES string of the molecule is Cc1cnc(-c2ccc3c(c2)C(=O)N(c2cccc(-c4nccn4C(C)C)n2)C3)cc1C(=O)O. The summed E-state index contributed by atoms with van der Waals surface area (Å²) in [6.07, 6.45) is 5.20. The highest BCUT2D eigenvalue weighted by atomic mass is 16.4. The monoisotopic (exact) mass is 453 g/mol. The van der Waals surface area contributed by atoms with E-state index in [0.717, 1.165) is 11.4 Å². The Bertz CT molecular complexity index is 1440. The first-order chi connectivity index (χ1) is 16.3. The highest BCUT2D eigenvalue weighted by molar-refractivity contribution is 6.10. The van der Waals surface area contributed by atoms with E-state index in [0.29, 0.717) is 40.4 Å². The van der Waals surface area contributed by atoms with Crippen LogP contribution in [0.25, 0.3) is 22.8 Å². The molecule has 34 heavy (non-hydrogen) atoms. The van der Waals surface area contributed by atoms with Crippen molar-refractivity contribution in [3.05, 3.63) is 83.3 Å². The second-order valence-corrected chi connectivity index (χ2v) is 8.59. The fourth-order valence-corrected chi connectivity index (χ4v) is 4.18. The first-order valence-corrected chi connectivity index (χ1v) is 11.0. The Labute approximate surface area is 196 Å². The predicted octanol–water partition coefficient (Wildman–Crippen LogP) is 4.76. The summed E-state index contributed by atoms with van der Waals surface area (Å²) in [7, 11) is 0. The molecule has 0 aliphatic carbocycles. The molecular weight excluding hydrogens is 430 g/mol. The highest BCUT2D eigenvalue weighted by Crippen LogP contribution is 2.32. The van der Waals surface area contributed by atoms with Gasteiger partial charge in [0.15, 0.2) is 5.82 Å². The molecule has 0 unspecified atom stereocenters. The molecule has 0 radical (unpaired) electrons. The van der Waals surface area contributed by atoms with Gasteiger partial charge in [-0.15, -0.1) is 0 Å². The van der Waals surface area contributed by atoms with E-state index in [9.17, 15) is 14.7 Å². The van der Waals surface area contributed by atoms with Crippen LogP contribution in [-0.2, 0) is 6.54 Å². The number of aromatic carboxylic acids is 1. The summed E-state index contributed by atoms with van der Waals surface area (Å²) < 4.78 is 2.04. The Morgan fingerprint density at radius 1 is 1.09 bits per heavy atom. The lowest BCUT2D eigenvalue weighted by Crippen LogP contribution is -2.24. The first kappa shape index (κ1) is 21.5. The molecule has 4 aromatic rings. The van der Waals surface area contributed by atoms with Gasteiger partial charge in [0.05, 0.1) is 17.8 Å². The molecule has 1 aliphatic rings. The van der Waals surface area contributed by atoms with Gasteiger partial charge in [-0.05, 0) is 56.2 Å². The Morgan fingerprint density at radius 2 is 1.91 bits per heavy atom. The number of anilines is 1. The van der Waals surface area contributed by atoms with Crippen molar-refractivity contribution in [3.8, 4) is 22.8 Å². The molecule has 3 aromatic heterocycles. The number of carbonyl (C=O) groups is 2. The van der Waals surface area contributed by atoms with Crippen molar-refractivity contribution in [2.24, 2.45) is 0 Å². The van der Waals surface area contributed by atoms with Crippen LogP contribution in [0.5, 0.6) is 0 Å². The van der Waals surface area contributed by atoms with E-state index in [1.54, 1.807) is 30.2 Å². The third-order valence-corrected chi connectivity index (χ3v) is 6.01. The minimum absolute atomic E-state index is 0.153. The summed E-state index contributed by atoms with van der Waals surface area (Å²) in [5.74, 6) is 0.149. The number of aryl methyl sites for hydroxylation is 1. The number of carboxylic acids is 1. The van der Waals surface area contributed by atoms with Crippen molar-refractivity contribution in [2.45, 2.75) is 33.4 Å². The summed E-state index contributed by atoms with van der Waals surface area (Å²) in [5, 5.41) is 9.43. The standard InChI is InChI=1S/C26H23N5O3/c1-15(2)30-10-9-27-24(30)21-5-4-6-23(29-21)31-14-18-8-7-17(11-20(18)25(31)32)22-12-19(26(33)34)16(3)13-28-22/h4-13,15H,14H2,1-3H3,(H,33,34). The number of hydrogen-bond donors (Lipinski definition) is 1. The van der Waals surface area contributed by atoms with Gasteiger partial charge in [-0.3, -0.25) is 14.7 Å². The number of hydrogen-bond acceptors (Lipinski definition) is 5. The van der Waals surface area contributed by atoms with E-state index in [-0.39, 0.29) is 17.5 Å². The quantitative estimate of drug-likeness (QED) is 0.468. The number of aromatic nitrogens is 4. The van der Waals surface area contributed by atoms with Crippen molar-refractivity contribution >= 4 is 17.7 Å². The second kappa shape index (κ2) is 8.22. The lowest BCUT2D eigenvalue weighted by atomic mass is 10.0. The minimum atomic E-state index is -1.01. The molecule has 1 amide bonds. The second-order valence-electron chi connectivity index (χ2n) is 8.59. The van der Waals surface area contributed by atoms with E-state index in [1.165, 1.54) is 6.20 Å². The van der Waals surface area contributed by atoms with Crippen LogP contribution in [0.4, 0.5) is 5.82 Å². The van der Waals surface area contributed by atoms with E-state index in [4.69, 9.17) is 4.98 Å². The Balaban J connectivity index is 1.48. The Morgan fingerprint density at radius 3 is 2.68 bits per heavy atom. The van der Waals surface area contributed by atoms with Crippen molar-refractivity contribution in [1.29, 1.82) is 0 Å². The van der Waals surface area contributed by atoms with Gasteiger partial charge in [-0.1, -0.05) is 18.2 Å². The molecule has 8 nitrogen and oxygen atoms in total. The molecule has 0 saturated carbocycles. The molecule has 0 saturated heterocycles. The van der Waals surface area contributed by atoms with E-state index < -0.39 is 5.97 Å². The van der Waals surface area contributed by atoms with E-state index >= 15 is 0 Å². The number of carbonyl (C=O) groups excluding carboxylic acids is 1. The maximum atomic E-state index is 13.3. The van der Waals surface area contributed by atoms with Gasteiger partial charge in [-0.2, -0.15) is 0 Å². The van der Waals surface area contributed by atoms with Crippen molar-refractivity contribution in [2.75, 3.05) is 4.90 Å². The van der Waals surface area contributed by atoms with Crippen LogP contribution in [-0.4, -0.2) is 36.5 Å². The third-order valence-electron chi connectivity index (χ3n) is 6.01. The predicted molar refractivity (Wildman–Crippen MR) is 128 cm³/mol. The van der Waals surface area contributed by atoms with Crippen LogP contribution in [0.15, 0.2) is 61.1 Å². The van der Waals surface area contributed by atoms with Crippen LogP contribution >= 0.6 is 0 Å². The van der Waals surface area contributed by atoms with Crippen molar-refractivity contribution in [3.63, 3.8) is 0 Å². The van der Waals surface area contributed by atoms with Crippen LogP contribution in [0.1, 0.15) is 51.7 Å². The summed E-state index contributed by atoms with van der Waals surface area (Å²) >= 11 is 0. The maximum absolute atomic E-state index is 13.3. The fraction of sp³-hybridized carbons (Fsp3) is 0.192. The van der Waals surface area contributed by atoms with Crippen molar-refractivity contribution < 1.29 is 14.7 Å². The van der Waals surface area contributed by atoms with Gasteiger partial charge in [0.1, 0.15) is 11.5 Å². The van der Waals surface area contributed by atoms with Gasteiger partial charge >= 0.3 is 5.97 Å². The number of nitrogens with zero attached hydrogens (tertiary/aromatic N) is 5. The van der Waals surface area contributed by atoms with Crippen molar-refractivity contribution in [1.82, 2.24) is 19.5 Å². The molecule has 5 rings (SSSR count). The summed E-state index contributed by atoms with van der Waals surface area (Å²) in [5.41, 5.74) is 4.13. The average Bonchev–Trinajstić information content (AvgIpc) is 3.44. The van der Waals surface area contributed by atoms with Gasteiger partial charge in [0, 0.05) is 35.8 Å². The fourth-order valence-electron chi connectivity index (χ4n) is 4.18. The van der Waals surface area contributed by atoms with Crippen LogP contribution < -0.4 is 4.90 Å². The number of carboxylic acid groups (broad SMARTS) is 1. The first-order valence-electron chi connectivity index (χ1n) is 11.0. The Hall–Kier alpha value is -4.33. The molecule has 4 heterocycles. The molecule has 0 spiro atoms. The van der Waals surface area contributed by atoms with Crippen LogP contribution in [0.2, 0.25) is 0 Å². The molecule has 1 N–H and O–H groups in total. The number of fused-ring (bicyclic) bond motifs is 1. The average molecular weight is 454 g/mol. The highest BCUT2D eigenvalue weighted by Gasteiger charge is 2.30. The molecule has 170 valence electrons. The van der Waals surface area contributed by atoms with Crippen LogP contribution in [0.3, 0.4) is 0 Å². The topological polar surface area (TPSA) is 101 Å². The minimum Gasteiger partial charge on any atom is -0.478 e. The summed E-state index contributed by atoms with van der Waals surface area (Å²) in [6, 6.07) is 12.9. The zero-order chi connectivity index (χ0) is 24.0. The molecule has 1 aliphatic heterocycles. The van der Waals surface area contributed by atoms with Gasteiger partial charge in [0.25, 0.3) is 5.91 Å². The lowest BCUT2D eigenvalue weighted by Gasteiger charge is -2.16. The molecular formula is C26H23N5O3. The summed E-state index contributed by atoms with van der Waals surface area (Å²) in [4.78, 5) is 40.1. The molecule has 1 aromatic carbocycles. The third kappa shape index (κ3) is 3.63. The number of rotatable bonds is 5. The zero-order valence-electron chi connectivity index (χ0n) is 19.1. The summed E-state index contributed by atoms with van der Waals surface area (Å²) in [6.45, 7) is 6.27. The van der Waals surface area contributed by atoms with E-state index in [1.807, 2.05) is 41.1 Å². The largest absolute Gasteiger partial charge is 0.478 e. The normalized spacial score (nSPS) is 12.9. The molecule has 0 bridgehead atoms. The molecule has 0 atom stereocenters. The van der Waals surface area contributed by atoms with E-state index in [2.05, 4.69) is 23.8 Å². The Kier molecular flexibility index (Phi) is 5.20. The molecule has 0 fully saturated rings.